The van der Waals surface area contributed by atoms with Gasteiger partial charge in [-0.05, 0) is 227 Å². The third-order valence-electron chi connectivity index (χ3n) is 29.0. The number of aldehydes is 1. The molecular weight excluding hydrogens is 1070 g/mol. The normalized spacial score (nSPS) is 50.2. The van der Waals surface area contributed by atoms with E-state index >= 15 is 20.1 Å². The molecule has 86 heavy (non-hydrogen) atoms. The van der Waals surface area contributed by atoms with Crippen LogP contribution in [0.4, 0.5) is 0 Å². The number of hydrogen-bond donors (Lipinski definition) is 6. The second kappa shape index (κ2) is 19.7. The molecule has 1 saturated heterocycles. The average Bonchev–Trinajstić information content (AvgIpc) is 1.19. The van der Waals surface area contributed by atoms with Crippen LogP contribution in [0.25, 0.3) is 0 Å². The first-order valence-corrected chi connectivity index (χ1v) is 34.1. The molecule has 18 rings (SSSR count). The Morgan fingerprint density at radius 1 is 0.779 bits per heavy atom. The van der Waals surface area contributed by atoms with Crippen molar-refractivity contribution in [2.45, 2.75) is 195 Å². The lowest BCUT2D eigenvalue weighted by Crippen LogP contribution is -2.88. The number of rotatable bonds is 4. The lowest BCUT2D eigenvalue weighted by atomic mass is 9.30. The van der Waals surface area contributed by atoms with Gasteiger partial charge in [0.1, 0.15) is 23.6 Å². The van der Waals surface area contributed by atoms with Crippen molar-refractivity contribution in [2.75, 3.05) is 7.05 Å². The highest BCUT2D eigenvalue weighted by Crippen LogP contribution is 2.83. The molecule has 27 atom stereocenters. The van der Waals surface area contributed by atoms with Gasteiger partial charge in [0.25, 0.3) is 0 Å². The highest BCUT2D eigenvalue weighted by molar-refractivity contribution is 5.86. The molecule has 3 heterocycles. The van der Waals surface area contributed by atoms with Crippen LogP contribution in [0.2, 0.25) is 0 Å². The van der Waals surface area contributed by atoms with Gasteiger partial charge in [0, 0.05) is 70.9 Å². The van der Waals surface area contributed by atoms with Crippen LogP contribution in [-0.2, 0) is 44.9 Å². The molecule has 10 nitrogen and oxygen atoms in total. The molecule has 10 fully saturated rings. The van der Waals surface area contributed by atoms with Gasteiger partial charge >= 0.3 is 5.97 Å². The monoisotopic (exact) mass is 1160 g/mol. The Labute approximate surface area is 508 Å². The zero-order valence-corrected chi connectivity index (χ0v) is 50.4. The predicted octanol–water partition coefficient (Wildman–Crippen LogP) is 9.62. The summed E-state index contributed by atoms with van der Waals surface area (Å²) in [6.07, 6.45) is 14.2. The summed E-state index contributed by atoms with van der Waals surface area (Å²) in [5, 5.41) is 75.4. The number of hydrogen-bond acceptors (Lipinski definition) is 10. The first kappa shape index (κ1) is 55.4. The summed E-state index contributed by atoms with van der Waals surface area (Å²) in [6, 6.07) is 26.1. The molecule has 0 aromatic heterocycles. The molecule has 3 aromatic carbocycles. The van der Waals surface area contributed by atoms with Crippen LogP contribution in [0, 0.1) is 129 Å². The Bertz CT molecular complexity index is 3430. The van der Waals surface area contributed by atoms with Crippen molar-refractivity contribution >= 4 is 12.3 Å². The number of carbonyl (C=O) groups excluding carboxylic acids is 2. The fourth-order valence-electron chi connectivity index (χ4n) is 26.1. The molecule has 3 aliphatic heterocycles. The van der Waals surface area contributed by atoms with Gasteiger partial charge in [-0.3, -0.25) is 0 Å². The Morgan fingerprint density at radius 3 is 2.41 bits per heavy atom. The summed E-state index contributed by atoms with van der Waals surface area (Å²) >= 11 is 0. The number of esters is 1. The smallest absolute Gasteiger partial charge is 0.331 e. The van der Waals surface area contributed by atoms with Crippen LogP contribution in [0.3, 0.4) is 0 Å². The maximum atomic E-state index is 16.2. The van der Waals surface area contributed by atoms with Gasteiger partial charge in [0.2, 0.25) is 0 Å². The molecule has 6 N–H and O–H groups in total. The van der Waals surface area contributed by atoms with E-state index in [1.54, 1.807) is 6.08 Å². The minimum Gasteiger partial charge on any atom is -0.454 e. The van der Waals surface area contributed by atoms with Gasteiger partial charge in [0.05, 0.1) is 35.9 Å². The molecule has 0 amide bonds. The summed E-state index contributed by atoms with van der Waals surface area (Å²) in [6.45, 7) is 2.29. The number of aliphatic hydroxyl groups excluding tert-OH is 2. The van der Waals surface area contributed by atoms with Crippen molar-refractivity contribution in [2.24, 2.45) is 105 Å². The number of ether oxygens (including phenoxy) is 2. The SMILES string of the molecule is CN[C@@H]1Cc2c(cccc2CO)C#CCC[C@]23C[C@H]4C#CC[C@H]5[C@H]6C[C@@H]7C[C@H]8Cc9cccc(c9)C[C@H]9CC[C@H](C9)[C@@H](C)[C@@H]9CC[C@H]%10[C@@H](O8)[C@]7(C[C@]7(C=O)[C@@H]4[C@@](O)([C@@H](O)[C@@H](C9)[C@]%107O)[C@@]2(O)C[C@@H]2C[C@H]1[C@H]1OC(=O)C=C1[C@@H]23)[C@@H]6CC[C@H]5c1ccccc1. The minimum absolute atomic E-state index is 0.0763. The quantitative estimate of drug-likeness (QED) is 0.0842. The van der Waals surface area contributed by atoms with Crippen LogP contribution in [0.15, 0.2) is 84.4 Å². The predicted molar refractivity (Wildman–Crippen MR) is 324 cm³/mol. The van der Waals surface area contributed by atoms with Gasteiger partial charge < -0.3 is 45.1 Å². The second-order valence-corrected chi connectivity index (χ2v) is 31.4. The van der Waals surface area contributed by atoms with E-state index in [0.717, 1.165) is 92.8 Å². The zero-order chi connectivity index (χ0) is 58.4. The third kappa shape index (κ3) is 7.19. The topological polar surface area (TPSA) is 166 Å². The van der Waals surface area contributed by atoms with E-state index in [9.17, 15) is 15.0 Å². The summed E-state index contributed by atoms with van der Waals surface area (Å²) in [7, 11) is 1.95. The van der Waals surface area contributed by atoms with Crippen LogP contribution in [0.1, 0.15) is 155 Å². The molecule has 0 radical (unpaired) electrons. The molecule has 10 heteroatoms. The summed E-state index contributed by atoms with van der Waals surface area (Å²) in [5.41, 5.74) is -2.02. The first-order valence-electron chi connectivity index (χ1n) is 34.1. The maximum absolute atomic E-state index is 16.2. The Hall–Kier alpha value is -4.62. The van der Waals surface area contributed by atoms with E-state index in [1.807, 2.05) is 25.2 Å². The molecular formula is C76H89NO9. The van der Waals surface area contributed by atoms with E-state index in [1.165, 1.54) is 16.7 Å². The zero-order valence-electron chi connectivity index (χ0n) is 50.4. The highest BCUT2D eigenvalue weighted by Gasteiger charge is 2.89. The van der Waals surface area contributed by atoms with Gasteiger partial charge in [-0.1, -0.05) is 91.4 Å². The number of carbonyl (C=O) groups is 2. The molecule has 12 aliphatic carbocycles. The number of fused-ring (bicyclic) bond motifs is 11. The summed E-state index contributed by atoms with van der Waals surface area (Å²) < 4.78 is 14.6. The Balaban J connectivity index is 0.911. The number of benzene rings is 3. The molecule has 15 aliphatic rings. The summed E-state index contributed by atoms with van der Waals surface area (Å²) in [5.74, 6) is 12.8. The van der Waals surface area contributed by atoms with E-state index in [2.05, 4.69) is 90.5 Å². The fraction of sp³-hybridized carbons (Fsp3) is 0.658. The molecule has 9 saturated carbocycles. The standard InChI is InChI=1S/C76H89NO9/c1-42-48-21-20-45(29-48)28-43-11-8-12-44(27-43)30-54-33-53-34-58-56-19-10-17-50-37-71-26-7-6-15-47-16-9-18-51(39-78)57(47)35-64(77-2)59-31-52(66(71)60-36-65(80)86-67(59)60)38-74(71,82)76(84)68(50)72(41-79)40-73(53,61(58)25-23-55(56)46-13-4-3-5-14-46)70(85-54)62-24-22-49(42)32-63(69(76)81)75(62,72)83/h3-5,8-9,11-14,16,18,27,36,41-42,45,48-50,52-56,58-59,61-64,66-70,77-78,81-84H,7,19-26,28-35,37-40H2,1-2H3/t42-,45-,48-,49-,50-,52+,53+,54-,55+,56-,58-,59-,61-,62+,63-,64-,66-,67-,68-,69+,70-,71-,72+,73+,74-,75-,76-/m1/s1. The van der Waals surface area contributed by atoms with Crippen molar-refractivity contribution in [3.05, 3.63) is 118 Å². The first-order chi connectivity index (χ1) is 41.7. The van der Waals surface area contributed by atoms with Gasteiger partial charge in [0.15, 0.2) is 0 Å². The summed E-state index contributed by atoms with van der Waals surface area (Å²) in [4.78, 5) is 30.4. The van der Waals surface area contributed by atoms with Crippen LogP contribution in [0.5, 0.6) is 0 Å². The molecule has 2 spiro atoms. The van der Waals surface area contributed by atoms with E-state index in [0.29, 0.717) is 75.5 Å². The molecule has 0 unspecified atom stereocenters. The van der Waals surface area contributed by atoms with Crippen molar-refractivity contribution in [1.29, 1.82) is 0 Å². The fourth-order valence-corrected chi connectivity index (χ4v) is 26.1. The highest BCUT2D eigenvalue weighted by atomic mass is 16.5. The molecule has 17 bridgehead atoms. The van der Waals surface area contributed by atoms with Crippen molar-refractivity contribution < 1.29 is 44.6 Å². The van der Waals surface area contributed by atoms with Crippen LogP contribution in [-0.4, -0.2) is 92.1 Å². The number of nitrogens with one attached hydrogen (secondary N) is 1. The van der Waals surface area contributed by atoms with Crippen molar-refractivity contribution in [3.8, 4) is 23.7 Å². The third-order valence-corrected chi connectivity index (χ3v) is 29.0. The molecule has 452 valence electrons. The second-order valence-electron chi connectivity index (χ2n) is 31.4. The maximum Gasteiger partial charge on any atom is 0.331 e. The number of aliphatic hydroxyl groups is 5. The van der Waals surface area contributed by atoms with E-state index in [-0.39, 0.29) is 78.6 Å². The number of likely N-dealkylation sites (N-methyl/N-ethyl adjacent to an activating group) is 1. The molecule has 3 aromatic rings. The van der Waals surface area contributed by atoms with E-state index in [4.69, 9.17) is 9.47 Å². The van der Waals surface area contributed by atoms with Gasteiger partial charge in [-0.15, -0.1) is 5.92 Å². The van der Waals surface area contributed by atoms with Crippen LogP contribution >= 0.6 is 0 Å². The van der Waals surface area contributed by atoms with Crippen molar-refractivity contribution in [1.82, 2.24) is 5.32 Å². The lowest BCUT2D eigenvalue weighted by Gasteiger charge is -2.77. The van der Waals surface area contributed by atoms with Gasteiger partial charge in [-0.2, -0.15) is 0 Å². The largest absolute Gasteiger partial charge is 0.454 e. The average molecular weight is 1160 g/mol. The van der Waals surface area contributed by atoms with Gasteiger partial charge in [-0.25, -0.2) is 4.79 Å². The minimum atomic E-state index is -2.33. The Kier molecular flexibility index (Phi) is 12.7. The Morgan fingerprint density at radius 2 is 1.58 bits per heavy atom. The van der Waals surface area contributed by atoms with Crippen LogP contribution < -0.4 is 5.32 Å². The van der Waals surface area contributed by atoms with Crippen molar-refractivity contribution in [3.63, 3.8) is 0 Å². The lowest BCUT2D eigenvalue weighted by molar-refractivity contribution is -0.399. The van der Waals surface area contributed by atoms with E-state index < -0.39 is 80.8 Å².